The van der Waals surface area contributed by atoms with Gasteiger partial charge in [0.05, 0.1) is 20.0 Å². The lowest BCUT2D eigenvalue weighted by atomic mass is 10.2. The third kappa shape index (κ3) is 5.94. The van der Waals surface area contributed by atoms with Gasteiger partial charge >= 0.3 is 0 Å². The molecule has 0 saturated carbocycles. The summed E-state index contributed by atoms with van der Waals surface area (Å²) in [6.45, 7) is 1.98. The number of ether oxygens (including phenoxy) is 2. The van der Waals surface area contributed by atoms with Crippen LogP contribution in [0.3, 0.4) is 0 Å². The summed E-state index contributed by atoms with van der Waals surface area (Å²) in [5, 5.41) is 13.8. The molecule has 0 aliphatic rings. The Kier molecular flexibility index (Phi) is 7.26. The van der Waals surface area contributed by atoms with Gasteiger partial charge in [0.25, 0.3) is 5.91 Å². The first-order valence-corrected chi connectivity index (χ1v) is 10.6. The summed E-state index contributed by atoms with van der Waals surface area (Å²) in [7, 11) is 3.03. The Morgan fingerprint density at radius 2 is 1.67 bits per heavy atom. The maximum Gasteiger partial charge on any atom is 0.257 e. The first-order chi connectivity index (χ1) is 14.5. The first kappa shape index (κ1) is 21.6. The molecule has 8 nitrogen and oxygen atoms in total. The van der Waals surface area contributed by atoms with Gasteiger partial charge in [-0.15, -0.1) is 10.2 Å². The number of amides is 2. The Labute approximate surface area is 182 Å². The second-order valence-electron chi connectivity index (χ2n) is 6.13. The molecule has 1 heterocycles. The van der Waals surface area contributed by atoms with Gasteiger partial charge < -0.3 is 14.8 Å². The number of hydrogen-bond acceptors (Lipinski definition) is 8. The number of nitrogens with zero attached hydrogens (tertiary/aromatic N) is 2. The highest BCUT2D eigenvalue weighted by atomic mass is 32.2. The minimum Gasteiger partial charge on any atom is -0.497 e. The van der Waals surface area contributed by atoms with Crippen molar-refractivity contribution in [1.29, 1.82) is 0 Å². The predicted octanol–water partition coefficient (Wildman–Crippen LogP) is 3.85. The maximum absolute atomic E-state index is 12.5. The Morgan fingerprint density at radius 3 is 2.30 bits per heavy atom. The van der Waals surface area contributed by atoms with Crippen molar-refractivity contribution in [2.24, 2.45) is 0 Å². The van der Waals surface area contributed by atoms with Crippen molar-refractivity contribution in [3.63, 3.8) is 0 Å². The third-order valence-corrected chi connectivity index (χ3v) is 5.87. The van der Waals surface area contributed by atoms with E-state index < -0.39 is 0 Å². The molecule has 2 aromatic carbocycles. The molecule has 30 heavy (non-hydrogen) atoms. The van der Waals surface area contributed by atoms with Crippen LogP contribution < -0.4 is 20.1 Å². The molecule has 156 valence electrons. The van der Waals surface area contributed by atoms with Crippen molar-refractivity contribution in [3.05, 3.63) is 53.6 Å². The molecule has 0 unspecified atom stereocenters. The monoisotopic (exact) mass is 444 g/mol. The summed E-state index contributed by atoms with van der Waals surface area (Å²) in [4.78, 5) is 24.6. The number of carbonyl (C=O) groups excluding carboxylic acids is 2. The lowest BCUT2D eigenvalue weighted by Crippen LogP contribution is -2.13. The van der Waals surface area contributed by atoms with Gasteiger partial charge in [-0.2, -0.15) is 0 Å². The zero-order chi connectivity index (χ0) is 21.5. The summed E-state index contributed by atoms with van der Waals surface area (Å²) < 4.78 is 10.9. The number of carbonyl (C=O) groups is 2. The van der Waals surface area contributed by atoms with E-state index in [0.29, 0.717) is 26.5 Å². The summed E-state index contributed by atoms with van der Waals surface area (Å²) >= 11 is 2.44. The van der Waals surface area contributed by atoms with Gasteiger partial charge in [0.15, 0.2) is 4.34 Å². The molecule has 0 radical (unpaired) electrons. The van der Waals surface area contributed by atoms with E-state index in [0.717, 1.165) is 11.3 Å². The van der Waals surface area contributed by atoms with E-state index >= 15 is 0 Å². The average molecular weight is 445 g/mol. The lowest BCUT2D eigenvalue weighted by molar-refractivity contribution is -0.113. The van der Waals surface area contributed by atoms with Crippen LogP contribution in [0.5, 0.6) is 11.5 Å². The fourth-order valence-electron chi connectivity index (χ4n) is 2.39. The van der Waals surface area contributed by atoms with Crippen LogP contribution in [-0.2, 0) is 4.79 Å². The molecular weight excluding hydrogens is 424 g/mol. The van der Waals surface area contributed by atoms with Gasteiger partial charge in [-0.3, -0.25) is 14.9 Å². The number of benzene rings is 2. The number of aromatic nitrogens is 2. The van der Waals surface area contributed by atoms with E-state index in [-0.39, 0.29) is 17.6 Å². The molecule has 0 bridgehead atoms. The van der Waals surface area contributed by atoms with Crippen molar-refractivity contribution < 1.29 is 19.1 Å². The maximum atomic E-state index is 12.5. The molecule has 3 aromatic rings. The van der Waals surface area contributed by atoms with Crippen molar-refractivity contribution >= 4 is 45.7 Å². The lowest BCUT2D eigenvalue weighted by Gasteiger charge is -2.07. The van der Waals surface area contributed by atoms with Crippen LogP contribution >= 0.6 is 23.1 Å². The van der Waals surface area contributed by atoms with Gasteiger partial charge in [0.1, 0.15) is 11.5 Å². The Balaban J connectivity index is 1.55. The molecule has 0 aliphatic heterocycles. The van der Waals surface area contributed by atoms with Gasteiger partial charge in [0.2, 0.25) is 11.0 Å². The first-order valence-electron chi connectivity index (χ1n) is 8.84. The number of aryl methyl sites for hydroxylation is 1. The van der Waals surface area contributed by atoms with Crippen LogP contribution in [0.25, 0.3) is 0 Å². The quantitative estimate of drug-likeness (QED) is 0.402. The zero-order valence-corrected chi connectivity index (χ0v) is 18.2. The number of hydrogen-bond donors (Lipinski definition) is 2. The molecule has 10 heteroatoms. The summed E-state index contributed by atoms with van der Waals surface area (Å²) in [6, 6.07) is 12.4. The van der Waals surface area contributed by atoms with Crippen molar-refractivity contribution in [3.8, 4) is 11.5 Å². The van der Waals surface area contributed by atoms with Crippen LogP contribution in [0.4, 0.5) is 10.8 Å². The van der Waals surface area contributed by atoms with Crippen LogP contribution in [0.1, 0.15) is 15.9 Å². The molecule has 2 amide bonds. The Hall–Kier alpha value is -3.11. The number of methoxy groups -OCH3 is 2. The summed E-state index contributed by atoms with van der Waals surface area (Å²) in [6.07, 6.45) is 0. The van der Waals surface area contributed by atoms with E-state index in [1.165, 1.54) is 37.3 Å². The number of nitrogens with one attached hydrogen (secondary N) is 2. The van der Waals surface area contributed by atoms with Crippen LogP contribution in [0.2, 0.25) is 0 Å². The number of rotatable bonds is 8. The molecule has 3 rings (SSSR count). The topological polar surface area (TPSA) is 102 Å². The molecule has 2 N–H and O–H groups in total. The second kappa shape index (κ2) is 10.1. The second-order valence-corrected chi connectivity index (χ2v) is 8.33. The molecule has 0 saturated heterocycles. The van der Waals surface area contributed by atoms with Crippen molar-refractivity contribution in [1.82, 2.24) is 10.2 Å². The van der Waals surface area contributed by atoms with E-state index in [9.17, 15) is 9.59 Å². The molecule has 1 aromatic heterocycles. The highest BCUT2D eigenvalue weighted by Gasteiger charge is 2.14. The number of thioether (sulfide) groups is 1. The molecule has 0 fully saturated rings. The molecule has 0 spiro atoms. The third-order valence-electron chi connectivity index (χ3n) is 3.90. The molecule has 0 atom stereocenters. The summed E-state index contributed by atoms with van der Waals surface area (Å²) in [5.41, 5.74) is 2.23. The fourth-order valence-corrected chi connectivity index (χ4v) is 3.93. The van der Waals surface area contributed by atoms with E-state index in [1.54, 1.807) is 18.2 Å². The zero-order valence-electron chi connectivity index (χ0n) is 16.6. The number of anilines is 2. The highest BCUT2D eigenvalue weighted by Crippen LogP contribution is 2.27. The largest absolute Gasteiger partial charge is 0.497 e. The van der Waals surface area contributed by atoms with Gasteiger partial charge in [0, 0.05) is 17.3 Å². The van der Waals surface area contributed by atoms with Crippen LogP contribution in [0, 0.1) is 6.92 Å². The van der Waals surface area contributed by atoms with Gasteiger partial charge in [-0.05, 0) is 31.2 Å². The van der Waals surface area contributed by atoms with E-state index in [1.807, 2.05) is 31.2 Å². The Bertz CT molecular complexity index is 1020. The van der Waals surface area contributed by atoms with Crippen LogP contribution in [0.15, 0.2) is 46.8 Å². The van der Waals surface area contributed by atoms with Gasteiger partial charge in [-0.1, -0.05) is 40.8 Å². The standard InChI is InChI=1S/C20H20N4O4S2/c1-12-4-6-14(7-5-12)21-17(25)11-29-20-24-23-19(30-20)22-18(26)13-8-15(27-2)10-16(9-13)28-3/h4-10H,11H2,1-3H3,(H,21,25)(H,22,23,26). The molecule has 0 aliphatic carbocycles. The normalized spacial score (nSPS) is 10.4. The van der Waals surface area contributed by atoms with Crippen molar-refractivity contribution in [2.75, 3.05) is 30.6 Å². The fraction of sp³-hybridized carbons (Fsp3) is 0.200. The minimum absolute atomic E-state index is 0.145. The van der Waals surface area contributed by atoms with Gasteiger partial charge in [-0.25, -0.2) is 0 Å². The average Bonchev–Trinajstić information content (AvgIpc) is 3.20. The van der Waals surface area contributed by atoms with E-state index in [4.69, 9.17) is 9.47 Å². The minimum atomic E-state index is -0.364. The highest BCUT2D eigenvalue weighted by molar-refractivity contribution is 8.01. The SMILES string of the molecule is COc1cc(OC)cc(C(=O)Nc2nnc(SCC(=O)Nc3ccc(C)cc3)s2)c1. The molecular formula is C20H20N4O4S2. The predicted molar refractivity (Wildman–Crippen MR) is 118 cm³/mol. The smallest absolute Gasteiger partial charge is 0.257 e. The Morgan fingerprint density at radius 1 is 1.00 bits per heavy atom. The summed E-state index contributed by atoms with van der Waals surface area (Å²) in [5.74, 6) is 0.689. The van der Waals surface area contributed by atoms with Crippen LogP contribution in [-0.4, -0.2) is 42.0 Å². The van der Waals surface area contributed by atoms with E-state index in [2.05, 4.69) is 20.8 Å². The van der Waals surface area contributed by atoms with Crippen molar-refractivity contribution in [2.45, 2.75) is 11.3 Å².